The van der Waals surface area contributed by atoms with E-state index in [2.05, 4.69) is 51.1 Å². The molecule has 146 valence electrons. The molecule has 0 aliphatic carbocycles. The van der Waals surface area contributed by atoms with Crippen LogP contribution in [0.15, 0.2) is 36.5 Å². The van der Waals surface area contributed by atoms with Crippen LogP contribution in [0.2, 0.25) is 0 Å². The summed E-state index contributed by atoms with van der Waals surface area (Å²) < 4.78 is 5.53. The zero-order valence-electron chi connectivity index (χ0n) is 16.5. The van der Waals surface area contributed by atoms with Crippen molar-refractivity contribution in [2.24, 2.45) is 0 Å². The summed E-state index contributed by atoms with van der Waals surface area (Å²) in [5.74, 6) is 2.28. The second kappa shape index (κ2) is 9.67. The lowest BCUT2D eigenvalue weighted by atomic mass is 10.1. The Morgan fingerprint density at radius 2 is 2.00 bits per heavy atom. The molecule has 0 saturated carbocycles. The van der Waals surface area contributed by atoms with E-state index in [1.807, 2.05) is 6.92 Å². The molecule has 0 spiro atoms. The van der Waals surface area contributed by atoms with Gasteiger partial charge in [-0.05, 0) is 70.1 Å². The van der Waals surface area contributed by atoms with Crippen molar-refractivity contribution in [1.29, 1.82) is 0 Å². The van der Waals surface area contributed by atoms with E-state index in [-0.39, 0.29) is 0 Å². The van der Waals surface area contributed by atoms with E-state index in [0.717, 1.165) is 44.2 Å². The average molecular weight is 370 g/mol. The SMILES string of the molecule is CCOc1ccc(CN2CCC[C@@H](N(C)Cc3nccc(N)n3)CC2)cc1. The van der Waals surface area contributed by atoms with Gasteiger partial charge in [-0.1, -0.05) is 12.1 Å². The van der Waals surface area contributed by atoms with Crippen molar-refractivity contribution >= 4 is 5.82 Å². The van der Waals surface area contributed by atoms with Gasteiger partial charge in [0.05, 0.1) is 13.2 Å². The third kappa shape index (κ3) is 5.91. The standard InChI is InChI=1S/C21H31N5O/c1-3-27-19-8-6-17(7-9-19)15-26-13-4-5-18(11-14-26)25(2)16-21-23-12-10-20(22)24-21/h6-10,12,18H,3-5,11,13-16H2,1-2H3,(H2,22,23,24)/t18-/m1/s1. The second-order valence-corrected chi connectivity index (χ2v) is 7.25. The van der Waals surface area contributed by atoms with Crippen LogP contribution in [0.25, 0.3) is 0 Å². The number of nitrogens with zero attached hydrogens (tertiary/aromatic N) is 4. The fourth-order valence-electron chi connectivity index (χ4n) is 3.70. The smallest absolute Gasteiger partial charge is 0.144 e. The Bertz CT molecular complexity index is 706. The number of ether oxygens (including phenoxy) is 1. The van der Waals surface area contributed by atoms with Crippen molar-refractivity contribution in [3.05, 3.63) is 47.9 Å². The molecule has 1 atom stereocenters. The van der Waals surface area contributed by atoms with Gasteiger partial charge in [-0.2, -0.15) is 0 Å². The maximum atomic E-state index is 5.77. The Labute approximate surface area is 162 Å². The highest BCUT2D eigenvalue weighted by Gasteiger charge is 2.21. The zero-order valence-corrected chi connectivity index (χ0v) is 16.5. The van der Waals surface area contributed by atoms with Crippen molar-refractivity contribution in [3.63, 3.8) is 0 Å². The van der Waals surface area contributed by atoms with Crippen molar-refractivity contribution < 1.29 is 4.74 Å². The highest BCUT2D eigenvalue weighted by molar-refractivity contribution is 5.27. The van der Waals surface area contributed by atoms with E-state index < -0.39 is 0 Å². The zero-order chi connectivity index (χ0) is 19.1. The lowest BCUT2D eigenvalue weighted by Crippen LogP contribution is -2.33. The van der Waals surface area contributed by atoms with Gasteiger partial charge in [-0.15, -0.1) is 0 Å². The summed E-state index contributed by atoms with van der Waals surface area (Å²) in [6.45, 7) is 6.72. The molecular weight excluding hydrogens is 338 g/mol. The second-order valence-electron chi connectivity index (χ2n) is 7.25. The molecule has 6 nitrogen and oxygen atoms in total. The minimum absolute atomic E-state index is 0.538. The van der Waals surface area contributed by atoms with E-state index in [4.69, 9.17) is 10.5 Å². The summed E-state index contributed by atoms with van der Waals surface area (Å²) in [5, 5.41) is 0. The molecule has 0 amide bonds. The molecule has 2 N–H and O–H groups in total. The summed E-state index contributed by atoms with van der Waals surface area (Å²) in [4.78, 5) is 13.6. The first-order valence-electron chi connectivity index (χ1n) is 9.85. The Hall–Kier alpha value is -2.18. The minimum atomic E-state index is 0.538. The Morgan fingerprint density at radius 1 is 1.19 bits per heavy atom. The van der Waals surface area contributed by atoms with Crippen molar-refractivity contribution in [2.75, 3.05) is 32.5 Å². The number of hydrogen-bond acceptors (Lipinski definition) is 6. The van der Waals surface area contributed by atoms with Crippen LogP contribution < -0.4 is 10.5 Å². The minimum Gasteiger partial charge on any atom is -0.494 e. The summed E-state index contributed by atoms with van der Waals surface area (Å²) in [6, 6.07) is 10.8. The Balaban J connectivity index is 1.50. The quantitative estimate of drug-likeness (QED) is 0.809. The maximum Gasteiger partial charge on any atom is 0.144 e. The fourth-order valence-corrected chi connectivity index (χ4v) is 3.70. The molecule has 0 bridgehead atoms. The molecule has 0 unspecified atom stereocenters. The van der Waals surface area contributed by atoms with Gasteiger partial charge >= 0.3 is 0 Å². The highest BCUT2D eigenvalue weighted by atomic mass is 16.5. The molecule has 1 aromatic heterocycles. The van der Waals surface area contributed by atoms with Crippen LogP contribution >= 0.6 is 0 Å². The lowest BCUT2D eigenvalue weighted by molar-refractivity contribution is 0.202. The van der Waals surface area contributed by atoms with Crippen LogP contribution in [0, 0.1) is 0 Å². The van der Waals surface area contributed by atoms with Gasteiger partial charge in [0.1, 0.15) is 17.4 Å². The monoisotopic (exact) mass is 369 g/mol. The van der Waals surface area contributed by atoms with E-state index in [0.29, 0.717) is 18.5 Å². The van der Waals surface area contributed by atoms with Crippen LogP contribution in [-0.4, -0.2) is 52.6 Å². The largest absolute Gasteiger partial charge is 0.494 e. The molecule has 2 heterocycles. The first-order chi connectivity index (χ1) is 13.1. The molecule has 27 heavy (non-hydrogen) atoms. The summed E-state index contributed by atoms with van der Waals surface area (Å²) in [5.41, 5.74) is 7.12. The van der Waals surface area contributed by atoms with E-state index >= 15 is 0 Å². The summed E-state index contributed by atoms with van der Waals surface area (Å²) in [6.07, 6.45) is 5.31. The molecule has 3 rings (SSSR count). The third-order valence-corrected chi connectivity index (χ3v) is 5.17. The number of nitrogen functional groups attached to an aromatic ring is 1. The fraction of sp³-hybridized carbons (Fsp3) is 0.524. The molecule has 1 saturated heterocycles. The first kappa shape index (κ1) is 19.6. The maximum absolute atomic E-state index is 5.77. The highest BCUT2D eigenvalue weighted by Crippen LogP contribution is 2.20. The first-order valence-corrected chi connectivity index (χ1v) is 9.85. The molecule has 0 radical (unpaired) electrons. The predicted octanol–water partition coefficient (Wildman–Crippen LogP) is 2.94. The summed E-state index contributed by atoms with van der Waals surface area (Å²) >= 11 is 0. The van der Waals surface area contributed by atoms with Gasteiger partial charge in [-0.25, -0.2) is 9.97 Å². The van der Waals surface area contributed by atoms with Gasteiger partial charge in [0.25, 0.3) is 0 Å². The van der Waals surface area contributed by atoms with Gasteiger partial charge in [0.15, 0.2) is 0 Å². The number of rotatable bonds is 7. The van der Waals surface area contributed by atoms with Gasteiger partial charge in [0.2, 0.25) is 0 Å². The molecule has 2 aromatic rings. The molecule has 1 aliphatic heterocycles. The van der Waals surface area contributed by atoms with Crippen molar-refractivity contribution in [1.82, 2.24) is 19.8 Å². The lowest BCUT2D eigenvalue weighted by Gasteiger charge is -2.26. The van der Waals surface area contributed by atoms with E-state index in [9.17, 15) is 0 Å². The van der Waals surface area contributed by atoms with Crippen LogP contribution in [-0.2, 0) is 13.1 Å². The van der Waals surface area contributed by atoms with Crippen LogP contribution in [0.3, 0.4) is 0 Å². The van der Waals surface area contributed by atoms with Gasteiger partial charge < -0.3 is 10.5 Å². The van der Waals surface area contributed by atoms with Crippen molar-refractivity contribution in [2.45, 2.75) is 45.3 Å². The third-order valence-electron chi connectivity index (χ3n) is 5.17. The number of nitrogens with two attached hydrogens (primary N) is 1. The van der Waals surface area contributed by atoms with Crippen molar-refractivity contribution in [3.8, 4) is 5.75 Å². The van der Waals surface area contributed by atoms with E-state index in [1.54, 1.807) is 12.3 Å². The van der Waals surface area contributed by atoms with Crippen LogP contribution in [0.4, 0.5) is 5.82 Å². The van der Waals surface area contributed by atoms with Gasteiger partial charge in [-0.3, -0.25) is 9.80 Å². The molecule has 1 aliphatic rings. The number of likely N-dealkylation sites (tertiary alicyclic amines) is 1. The number of aromatic nitrogens is 2. The predicted molar refractivity (Wildman–Crippen MR) is 108 cm³/mol. The Morgan fingerprint density at radius 3 is 2.74 bits per heavy atom. The molecule has 6 heteroatoms. The topological polar surface area (TPSA) is 67.5 Å². The number of anilines is 1. The molecule has 1 fully saturated rings. The average Bonchev–Trinajstić information content (AvgIpc) is 2.89. The molecule has 1 aromatic carbocycles. The van der Waals surface area contributed by atoms with Crippen LogP contribution in [0.1, 0.15) is 37.6 Å². The number of benzene rings is 1. The Kier molecular flexibility index (Phi) is 7.01. The summed E-state index contributed by atoms with van der Waals surface area (Å²) in [7, 11) is 2.17. The van der Waals surface area contributed by atoms with Crippen LogP contribution in [0.5, 0.6) is 5.75 Å². The number of hydrogen-bond donors (Lipinski definition) is 1. The van der Waals surface area contributed by atoms with Gasteiger partial charge in [0, 0.05) is 18.8 Å². The molecular formula is C21H31N5O. The van der Waals surface area contributed by atoms with E-state index in [1.165, 1.54) is 18.4 Å². The normalized spacial score (nSPS) is 18.4.